The maximum atomic E-state index is 12.8. The van der Waals surface area contributed by atoms with Crippen molar-refractivity contribution in [3.8, 4) is 0 Å². The van der Waals surface area contributed by atoms with E-state index in [1.807, 2.05) is 12.1 Å². The third kappa shape index (κ3) is 2.42. The van der Waals surface area contributed by atoms with E-state index in [-0.39, 0.29) is 11.2 Å². The zero-order chi connectivity index (χ0) is 14.0. The Balaban J connectivity index is 1.78. The predicted molar refractivity (Wildman–Crippen MR) is 81.9 cm³/mol. The molecule has 108 valence electrons. The monoisotopic (exact) mass is 271 g/mol. The van der Waals surface area contributed by atoms with Gasteiger partial charge in [0.05, 0.1) is 0 Å². The molecule has 20 heavy (non-hydrogen) atoms. The van der Waals surface area contributed by atoms with Gasteiger partial charge in [-0.25, -0.2) is 0 Å². The average molecular weight is 271 g/mol. The topological polar surface area (TPSA) is 43.1 Å². The Kier molecular flexibility index (Phi) is 3.93. The molecule has 0 aromatic heterocycles. The Morgan fingerprint density at radius 1 is 1.05 bits per heavy atom. The van der Waals surface area contributed by atoms with Crippen LogP contribution in [0.15, 0.2) is 24.3 Å². The number of rotatable bonds is 4. The highest BCUT2D eigenvalue weighted by molar-refractivity contribution is 6.00. The molecule has 2 aliphatic rings. The van der Waals surface area contributed by atoms with E-state index in [0.29, 0.717) is 6.54 Å². The smallest absolute Gasteiger partial charge is 0.170 e. The molecular formula is C18H25NO. The third-order valence-electron chi connectivity index (χ3n) is 5.43. The Morgan fingerprint density at radius 2 is 1.70 bits per heavy atom. The van der Waals surface area contributed by atoms with E-state index in [2.05, 4.69) is 12.1 Å². The van der Waals surface area contributed by atoms with Gasteiger partial charge in [0.25, 0.3) is 0 Å². The molecule has 0 saturated heterocycles. The van der Waals surface area contributed by atoms with Crippen LogP contribution in [0.25, 0.3) is 0 Å². The van der Waals surface area contributed by atoms with Crippen LogP contribution in [0.2, 0.25) is 0 Å². The van der Waals surface area contributed by atoms with Gasteiger partial charge in [0.2, 0.25) is 0 Å². The first-order valence-electron chi connectivity index (χ1n) is 8.10. The van der Waals surface area contributed by atoms with Crippen LogP contribution in [0, 0.1) is 5.41 Å². The zero-order valence-corrected chi connectivity index (χ0v) is 12.2. The molecular weight excluding hydrogens is 246 g/mol. The summed E-state index contributed by atoms with van der Waals surface area (Å²) in [6, 6.07) is 8.37. The second-order valence-corrected chi connectivity index (χ2v) is 6.62. The lowest BCUT2D eigenvalue weighted by Crippen LogP contribution is -2.40. The van der Waals surface area contributed by atoms with Crippen molar-refractivity contribution in [2.24, 2.45) is 11.1 Å². The van der Waals surface area contributed by atoms with Gasteiger partial charge in [-0.15, -0.1) is 0 Å². The van der Waals surface area contributed by atoms with Crippen LogP contribution in [-0.4, -0.2) is 12.3 Å². The highest BCUT2D eigenvalue weighted by Gasteiger charge is 2.38. The summed E-state index contributed by atoms with van der Waals surface area (Å²) in [5, 5.41) is 0. The van der Waals surface area contributed by atoms with E-state index in [4.69, 9.17) is 5.73 Å². The molecule has 0 radical (unpaired) electrons. The second kappa shape index (κ2) is 5.69. The molecule has 2 fully saturated rings. The molecule has 2 heteroatoms. The first-order chi connectivity index (χ1) is 9.75. The first kappa shape index (κ1) is 13.8. The van der Waals surface area contributed by atoms with E-state index >= 15 is 0 Å². The number of benzene rings is 1. The van der Waals surface area contributed by atoms with Gasteiger partial charge in [0.1, 0.15) is 0 Å². The molecule has 0 aliphatic heterocycles. The second-order valence-electron chi connectivity index (χ2n) is 6.62. The predicted octanol–water partition coefficient (Wildman–Crippen LogP) is 4.05. The lowest BCUT2D eigenvalue weighted by Gasteiger charge is -2.35. The molecule has 2 aliphatic carbocycles. The maximum absolute atomic E-state index is 12.8. The van der Waals surface area contributed by atoms with Crippen molar-refractivity contribution < 1.29 is 4.79 Å². The van der Waals surface area contributed by atoms with Crippen LogP contribution in [0.5, 0.6) is 0 Å². The van der Waals surface area contributed by atoms with E-state index in [9.17, 15) is 4.79 Å². The van der Waals surface area contributed by atoms with Gasteiger partial charge in [0.15, 0.2) is 5.78 Å². The number of Topliss-reactive ketones (excluding diaryl/α,β-unsaturated/α-hetero) is 1. The van der Waals surface area contributed by atoms with Crippen molar-refractivity contribution in [1.82, 2.24) is 0 Å². The molecule has 0 bridgehead atoms. The van der Waals surface area contributed by atoms with Crippen molar-refractivity contribution in [3.05, 3.63) is 35.4 Å². The summed E-state index contributed by atoms with van der Waals surface area (Å²) in [6.45, 7) is 0.496. The normalized spacial score (nSPS) is 22.2. The average Bonchev–Trinajstić information content (AvgIpc) is 2.46. The fourth-order valence-electron chi connectivity index (χ4n) is 3.71. The molecule has 1 aromatic carbocycles. The summed E-state index contributed by atoms with van der Waals surface area (Å²) in [5.74, 6) is 1.01. The van der Waals surface area contributed by atoms with Crippen LogP contribution in [0.4, 0.5) is 0 Å². The Morgan fingerprint density at radius 3 is 2.20 bits per heavy atom. The van der Waals surface area contributed by atoms with Gasteiger partial charge in [-0.05, 0) is 37.2 Å². The minimum atomic E-state index is -0.282. The Labute approximate surface area is 121 Å². The van der Waals surface area contributed by atoms with Gasteiger partial charge in [-0.3, -0.25) is 4.79 Å². The fourth-order valence-corrected chi connectivity index (χ4v) is 3.71. The molecule has 0 heterocycles. The minimum Gasteiger partial charge on any atom is -0.329 e. The Hall–Kier alpha value is -1.15. The standard InChI is InChI=1S/C18H25NO/c19-13-18(11-2-1-3-12-18)17(20)16-9-7-15(8-10-16)14-5-4-6-14/h7-10,14H,1-6,11-13,19H2. The van der Waals surface area contributed by atoms with Gasteiger partial charge in [-0.2, -0.15) is 0 Å². The van der Waals surface area contributed by atoms with Crippen LogP contribution in [0.1, 0.15) is 73.2 Å². The summed E-state index contributed by atoms with van der Waals surface area (Å²) >= 11 is 0. The van der Waals surface area contributed by atoms with Crippen LogP contribution in [0.3, 0.4) is 0 Å². The fraction of sp³-hybridized carbons (Fsp3) is 0.611. The van der Waals surface area contributed by atoms with Gasteiger partial charge >= 0.3 is 0 Å². The van der Waals surface area contributed by atoms with Crippen molar-refractivity contribution in [2.45, 2.75) is 57.3 Å². The SMILES string of the molecule is NCC1(C(=O)c2ccc(C3CCC3)cc2)CCCCC1. The summed E-state index contributed by atoms with van der Waals surface area (Å²) in [5.41, 5.74) is 7.95. The van der Waals surface area contributed by atoms with Crippen molar-refractivity contribution in [3.63, 3.8) is 0 Å². The number of ketones is 1. The molecule has 0 amide bonds. The maximum Gasteiger partial charge on any atom is 0.170 e. The molecule has 0 unspecified atom stereocenters. The number of hydrogen-bond donors (Lipinski definition) is 1. The summed E-state index contributed by atoms with van der Waals surface area (Å²) in [6.07, 6.45) is 9.42. The van der Waals surface area contributed by atoms with Crippen LogP contribution in [-0.2, 0) is 0 Å². The summed E-state index contributed by atoms with van der Waals surface area (Å²) in [4.78, 5) is 12.8. The van der Waals surface area contributed by atoms with E-state index in [1.165, 1.54) is 31.2 Å². The molecule has 2 nitrogen and oxygen atoms in total. The Bertz CT molecular complexity index is 467. The van der Waals surface area contributed by atoms with Crippen LogP contribution >= 0.6 is 0 Å². The molecule has 0 spiro atoms. The summed E-state index contributed by atoms with van der Waals surface area (Å²) in [7, 11) is 0. The summed E-state index contributed by atoms with van der Waals surface area (Å²) < 4.78 is 0. The van der Waals surface area contributed by atoms with Crippen LogP contribution < -0.4 is 5.73 Å². The van der Waals surface area contributed by atoms with Crippen molar-refractivity contribution >= 4 is 5.78 Å². The molecule has 0 atom stereocenters. The van der Waals surface area contributed by atoms with E-state index in [0.717, 1.165) is 37.2 Å². The number of hydrogen-bond acceptors (Lipinski definition) is 2. The number of nitrogens with two attached hydrogens (primary N) is 1. The molecule has 2 N–H and O–H groups in total. The lowest BCUT2D eigenvalue weighted by atomic mass is 9.69. The van der Waals surface area contributed by atoms with Crippen molar-refractivity contribution in [1.29, 1.82) is 0 Å². The van der Waals surface area contributed by atoms with Gasteiger partial charge < -0.3 is 5.73 Å². The highest BCUT2D eigenvalue weighted by atomic mass is 16.1. The molecule has 1 aromatic rings. The number of carbonyl (C=O) groups is 1. The van der Waals surface area contributed by atoms with E-state index < -0.39 is 0 Å². The zero-order valence-electron chi connectivity index (χ0n) is 12.2. The van der Waals surface area contributed by atoms with Gasteiger partial charge in [-0.1, -0.05) is 49.9 Å². The first-order valence-corrected chi connectivity index (χ1v) is 8.10. The van der Waals surface area contributed by atoms with Crippen molar-refractivity contribution in [2.75, 3.05) is 6.54 Å². The van der Waals surface area contributed by atoms with Gasteiger partial charge in [0, 0.05) is 17.5 Å². The lowest BCUT2D eigenvalue weighted by molar-refractivity contribution is 0.0729. The third-order valence-corrected chi connectivity index (χ3v) is 5.43. The largest absolute Gasteiger partial charge is 0.329 e. The minimum absolute atomic E-state index is 0.278. The number of carbonyl (C=O) groups excluding carboxylic acids is 1. The van der Waals surface area contributed by atoms with E-state index in [1.54, 1.807) is 0 Å². The quantitative estimate of drug-likeness (QED) is 0.840. The highest BCUT2D eigenvalue weighted by Crippen LogP contribution is 2.39. The molecule has 2 saturated carbocycles. The molecule has 3 rings (SSSR count).